The Morgan fingerprint density at radius 3 is 2.70 bits per heavy atom. The zero-order chi connectivity index (χ0) is 15.1. The van der Waals surface area contributed by atoms with E-state index in [9.17, 15) is 14.7 Å². The summed E-state index contributed by atoms with van der Waals surface area (Å²) in [6, 6.07) is 4.75. The second-order valence-electron chi connectivity index (χ2n) is 4.76. The normalized spacial score (nSPS) is 11.7. The Bertz CT molecular complexity index is 512. The number of hydrogen-bond donors (Lipinski definition) is 2. The second-order valence-corrected chi connectivity index (χ2v) is 4.76. The molecule has 0 saturated heterocycles. The van der Waals surface area contributed by atoms with Gasteiger partial charge in [-0.15, -0.1) is 0 Å². The molecule has 0 saturated carbocycles. The quantitative estimate of drug-likeness (QED) is 0.658. The van der Waals surface area contributed by atoms with Crippen molar-refractivity contribution in [3.05, 3.63) is 42.0 Å². The highest BCUT2D eigenvalue weighted by atomic mass is 16.4. The number of nitrogens with one attached hydrogen (secondary N) is 1. The number of nitrogens with two attached hydrogens (primary N) is 1. The summed E-state index contributed by atoms with van der Waals surface area (Å²) in [6.07, 6.45) is 1.45. The molecule has 3 N–H and O–H groups in total. The number of aliphatic carboxylic acids is 1. The lowest BCUT2D eigenvalue weighted by Gasteiger charge is -2.16. The lowest BCUT2D eigenvalue weighted by atomic mass is 10.1. The third-order valence-corrected chi connectivity index (χ3v) is 2.95. The van der Waals surface area contributed by atoms with Crippen molar-refractivity contribution in [2.24, 2.45) is 0 Å². The molecular weight excluding hydrogens is 256 g/mol. The van der Waals surface area contributed by atoms with Crippen LogP contribution in [-0.2, 0) is 9.59 Å². The predicted molar refractivity (Wildman–Crippen MR) is 74.9 cm³/mol. The van der Waals surface area contributed by atoms with Gasteiger partial charge in [0.15, 0.2) is 0 Å². The first kappa shape index (κ1) is 15.9. The van der Waals surface area contributed by atoms with Crippen LogP contribution in [0.25, 0.3) is 0 Å². The van der Waals surface area contributed by atoms with Crippen LogP contribution < -0.4 is 15.7 Å². The maximum atomic E-state index is 11.9. The molecule has 1 rings (SSSR count). The minimum Gasteiger partial charge on any atom is -0.544 e. The summed E-state index contributed by atoms with van der Waals surface area (Å²) in [5.41, 5.74) is 2.74. The first-order valence-electron chi connectivity index (χ1n) is 6.46. The number of anilines is 1. The molecular formula is C15H20N2O3. The van der Waals surface area contributed by atoms with E-state index in [2.05, 4.69) is 11.9 Å². The van der Waals surface area contributed by atoms with Crippen molar-refractivity contribution >= 4 is 17.6 Å². The van der Waals surface area contributed by atoms with Crippen LogP contribution in [0.15, 0.2) is 30.9 Å². The standard InChI is InChI=1S/C15H20N2O3/c1-4-7-16-13(15(19)20)9-14(18)17-12-6-5-10(2)8-11(12)3/h4-6,8,13,16H,1,7,9H2,2-3H3,(H,17,18)(H,19,20)/t13-/m1/s1. The molecule has 1 aromatic carbocycles. The first-order chi connectivity index (χ1) is 9.43. The Morgan fingerprint density at radius 2 is 2.15 bits per heavy atom. The third kappa shape index (κ3) is 4.85. The zero-order valence-electron chi connectivity index (χ0n) is 11.8. The summed E-state index contributed by atoms with van der Waals surface area (Å²) >= 11 is 0. The van der Waals surface area contributed by atoms with E-state index in [4.69, 9.17) is 0 Å². The maximum absolute atomic E-state index is 11.9. The summed E-state index contributed by atoms with van der Waals surface area (Å²) in [5.74, 6) is -1.59. The van der Waals surface area contributed by atoms with E-state index >= 15 is 0 Å². The number of carboxylic acid groups (broad SMARTS) is 1. The summed E-state index contributed by atoms with van der Waals surface area (Å²) in [5, 5.41) is 15.2. The Labute approximate surface area is 118 Å². The van der Waals surface area contributed by atoms with Crippen molar-refractivity contribution in [3.8, 4) is 0 Å². The van der Waals surface area contributed by atoms with Crippen molar-refractivity contribution in [2.75, 3.05) is 11.9 Å². The molecule has 0 aliphatic carbocycles. The number of carbonyl (C=O) groups is 2. The van der Waals surface area contributed by atoms with Gasteiger partial charge in [-0.2, -0.15) is 0 Å². The first-order valence-corrected chi connectivity index (χ1v) is 6.46. The molecule has 0 aliphatic rings. The number of benzene rings is 1. The summed E-state index contributed by atoms with van der Waals surface area (Å²) in [7, 11) is 0. The number of amides is 1. The SMILES string of the molecule is C=CC[NH2+][C@H](CC(=O)Nc1ccc(C)cc1C)C(=O)[O-]. The molecule has 0 aromatic heterocycles. The minimum atomic E-state index is -1.25. The monoisotopic (exact) mass is 276 g/mol. The van der Waals surface area contributed by atoms with Crippen LogP contribution >= 0.6 is 0 Å². The minimum absolute atomic E-state index is 0.135. The average molecular weight is 276 g/mol. The number of carbonyl (C=O) groups excluding carboxylic acids is 2. The second kappa shape index (κ2) is 7.45. The molecule has 20 heavy (non-hydrogen) atoms. The molecule has 1 aromatic rings. The zero-order valence-corrected chi connectivity index (χ0v) is 11.8. The van der Waals surface area contributed by atoms with Crippen LogP contribution in [0.1, 0.15) is 17.5 Å². The Balaban J connectivity index is 2.65. The molecule has 0 radical (unpaired) electrons. The molecule has 0 aliphatic heterocycles. The van der Waals surface area contributed by atoms with Crippen LogP contribution in [0.4, 0.5) is 5.69 Å². The highest BCUT2D eigenvalue weighted by Gasteiger charge is 2.18. The van der Waals surface area contributed by atoms with Gasteiger partial charge in [-0.25, -0.2) is 0 Å². The van der Waals surface area contributed by atoms with Gasteiger partial charge in [0.05, 0.1) is 18.9 Å². The molecule has 1 amide bonds. The van der Waals surface area contributed by atoms with Gasteiger partial charge in [-0.3, -0.25) is 4.79 Å². The summed E-state index contributed by atoms with van der Waals surface area (Å²) in [6.45, 7) is 7.80. The van der Waals surface area contributed by atoms with Gasteiger partial charge < -0.3 is 20.5 Å². The molecule has 0 heterocycles. The molecule has 5 heteroatoms. The predicted octanol–water partition coefficient (Wildman–Crippen LogP) is -0.500. The molecule has 1 atom stereocenters. The van der Waals surface area contributed by atoms with E-state index in [1.807, 2.05) is 32.0 Å². The van der Waals surface area contributed by atoms with Crippen molar-refractivity contribution in [1.29, 1.82) is 0 Å². The molecule has 0 unspecified atom stereocenters. The molecule has 108 valence electrons. The lowest BCUT2D eigenvalue weighted by molar-refractivity contribution is -0.674. The van der Waals surface area contributed by atoms with Gasteiger partial charge in [-0.05, 0) is 31.6 Å². The van der Waals surface area contributed by atoms with Crippen LogP contribution in [0.5, 0.6) is 0 Å². The van der Waals surface area contributed by atoms with Crippen LogP contribution in [-0.4, -0.2) is 24.5 Å². The molecule has 0 fully saturated rings. The van der Waals surface area contributed by atoms with Gasteiger partial charge in [0.2, 0.25) is 5.91 Å². The number of rotatable bonds is 7. The fourth-order valence-corrected chi connectivity index (χ4v) is 1.88. The van der Waals surface area contributed by atoms with E-state index in [1.165, 1.54) is 5.32 Å². The molecule has 0 spiro atoms. The Morgan fingerprint density at radius 1 is 1.45 bits per heavy atom. The third-order valence-electron chi connectivity index (χ3n) is 2.95. The largest absolute Gasteiger partial charge is 0.544 e. The number of hydrogen-bond acceptors (Lipinski definition) is 3. The van der Waals surface area contributed by atoms with E-state index in [-0.39, 0.29) is 12.3 Å². The smallest absolute Gasteiger partial charge is 0.230 e. The van der Waals surface area contributed by atoms with Crippen LogP contribution in [0.2, 0.25) is 0 Å². The summed E-state index contributed by atoms with van der Waals surface area (Å²) in [4.78, 5) is 22.8. The van der Waals surface area contributed by atoms with Gasteiger partial charge >= 0.3 is 0 Å². The van der Waals surface area contributed by atoms with E-state index in [0.29, 0.717) is 12.2 Å². The Hall–Kier alpha value is -2.14. The van der Waals surface area contributed by atoms with Gasteiger partial charge in [0, 0.05) is 5.69 Å². The van der Waals surface area contributed by atoms with Crippen molar-refractivity contribution in [3.63, 3.8) is 0 Å². The van der Waals surface area contributed by atoms with Crippen LogP contribution in [0, 0.1) is 13.8 Å². The van der Waals surface area contributed by atoms with Gasteiger partial charge in [-0.1, -0.05) is 24.3 Å². The van der Waals surface area contributed by atoms with E-state index in [1.54, 1.807) is 6.08 Å². The highest BCUT2D eigenvalue weighted by Crippen LogP contribution is 2.16. The van der Waals surface area contributed by atoms with Crippen molar-refractivity contribution < 1.29 is 20.0 Å². The number of aryl methyl sites for hydroxylation is 2. The van der Waals surface area contributed by atoms with E-state index in [0.717, 1.165) is 11.1 Å². The van der Waals surface area contributed by atoms with Crippen LogP contribution in [0.3, 0.4) is 0 Å². The maximum Gasteiger partial charge on any atom is 0.230 e. The Kier molecular flexibility index (Phi) is 5.93. The topological polar surface area (TPSA) is 85.8 Å². The molecule has 0 bridgehead atoms. The van der Waals surface area contributed by atoms with Gasteiger partial charge in [0.25, 0.3) is 0 Å². The lowest BCUT2D eigenvalue weighted by Crippen LogP contribution is -2.93. The van der Waals surface area contributed by atoms with E-state index < -0.39 is 12.0 Å². The fraction of sp³-hybridized carbons (Fsp3) is 0.333. The number of quaternary nitrogens is 1. The summed E-state index contributed by atoms with van der Waals surface area (Å²) < 4.78 is 0. The molecule has 5 nitrogen and oxygen atoms in total. The number of carboxylic acids is 1. The van der Waals surface area contributed by atoms with Crippen molar-refractivity contribution in [2.45, 2.75) is 26.3 Å². The van der Waals surface area contributed by atoms with Gasteiger partial charge in [0.1, 0.15) is 6.04 Å². The fourth-order valence-electron chi connectivity index (χ4n) is 1.88. The average Bonchev–Trinajstić information content (AvgIpc) is 2.37. The highest BCUT2D eigenvalue weighted by molar-refractivity contribution is 5.94. The van der Waals surface area contributed by atoms with Crippen molar-refractivity contribution in [1.82, 2.24) is 0 Å².